The molecule has 5 nitrogen and oxygen atoms in total. The Morgan fingerprint density at radius 3 is 2.93 bits per heavy atom. The maximum absolute atomic E-state index is 11.4. The van der Waals surface area contributed by atoms with Crippen molar-refractivity contribution in [3.8, 4) is 0 Å². The van der Waals surface area contributed by atoms with Gasteiger partial charge in [0.2, 0.25) is 0 Å². The normalized spacial score (nSPS) is 14.7. The van der Waals surface area contributed by atoms with Crippen LogP contribution in [0.25, 0.3) is 0 Å². The highest BCUT2D eigenvalue weighted by Gasteiger charge is 2.17. The molecule has 84 valence electrons. The van der Waals surface area contributed by atoms with Crippen LogP contribution in [0.3, 0.4) is 0 Å². The largest absolute Gasteiger partial charge is 0.480 e. The first-order chi connectivity index (χ1) is 7.11. The number of aliphatic carboxylic acids is 1. The fourth-order valence-electron chi connectivity index (χ4n) is 1.10. The van der Waals surface area contributed by atoms with E-state index in [1.165, 1.54) is 6.92 Å². The average Bonchev–Trinajstić information content (AvgIpc) is 2.69. The number of aryl methyl sites for hydroxylation is 1. The van der Waals surface area contributed by atoms with Gasteiger partial charge in [0.25, 0.3) is 0 Å². The summed E-state index contributed by atoms with van der Waals surface area (Å²) in [4.78, 5) is 14.4. The van der Waals surface area contributed by atoms with E-state index in [-0.39, 0.29) is 0 Å². The monoisotopic (exact) mass is 230 g/mol. The summed E-state index contributed by atoms with van der Waals surface area (Å²) in [5, 5.41) is 7.84. The van der Waals surface area contributed by atoms with E-state index in [2.05, 4.69) is 4.98 Å². The SMILES string of the molecule is CC(C(=O)O)S(=O)CCCn1ccnc1. The van der Waals surface area contributed by atoms with Gasteiger partial charge in [0.05, 0.1) is 6.33 Å². The standard InChI is InChI=1S/C9H14N2O3S/c1-8(9(12)13)15(14)6-2-4-11-5-3-10-7-11/h3,5,7-8H,2,4,6H2,1H3,(H,12,13). The Morgan fingerprint density at radius 1 is 1.67 bits per heavy atom. The van der Waals surface area contributed by atoms with Crippen LogP contribution < -0.4 is 0 Å². The van der Waals surface area contributed by atoms with Crippen molar-refractivity contribution in [3.63, 3.8) is 0 Å². The van der Waals surface area contributed by atoms with E-state index in [9.17, 15) is 9.00 Å². The zero-order chi connectivity index (χ0) is 11.3. The van der Waals surface area contributed by atoms with Crippen molar-refractivity contribution < 1.29 is 14.1 Å². The molecular weight excluding hydrogens is 216 g/mol. The Hall–Kier alpha value is -1.17. The number of hydrogen-bond donors (Lipinski definition) is 1. The van der Waals surface area contributed by atoms with Gasteiger partial charge in [-0.05, 0) is 13.3 Å². The molecule has 0 amide bonds. The summed E-state index contributed by atoms with van der Waals surface area (Å²) in [6.07, 6.45) is 5.88. The van der Waals surface area contributed by atoms with E-state index in [1.54, 1.807) is 12.5 Å². The van der Waals surface area contributed by atoms with Crippen LogP contribution in [0.5, 0.6) is 0 Å². The molecule has 0 aromatic carbocycles. The van der Waals surface area contributed by atoms with E-state index < -0.39 is 22.0 Å². The van der Waals surface area contributed by atoms with Crippen LogP contribution in [-0.4, -0.2) is 35.8 Å². The molecule has 1 heterocycles. The van der Waals surface area contributed by atoms with Crippen molar-refractivity contribution in [3.05, 3.63) is 18.7 Å². The van der Waals surface area contributed by atoms with Gasteiger partial charge in [-0.3, -0.25) is 9.00 Å². The molecule has 0 bridgehead atoms. The lowest BCUT2D eigenvalue weighted by molar-refractivity contribution is -0.136. The van der Waals surface area contributed by atoms with Crippen LogP contribution >= 0.6 is 0 Å². The predicted octanol–water partition coefficient (Wildman–Crippen LogP) is 0.495. The molecule has 2 unspecified atom stereocenters. The number of nitrogens with zero attached hydrogens (tertiary/aromatic N) is 2. The van der Waals surface area contributed by atoms with Gasteiger partial charge in [-0.1, -0.05) is 0 Å². The maximum atomic E-state index is 11.4. The predicted molar refractivity (Wildman–Crippen MR) is 57.0 cm³/mol. The van der Waals surface area contributed by atoms with Crippen LogP contribution in [0, 0.1) is 0 Å². The van der Waals surface area contributed by atoms with Gasteiger partial charge in [0.15, 0.2) is 0 Å². The molecule has 1 aromatic rings. The fourth-order valence-corrected chi connectivity index (χ4v) is 2.09. The van der Waals surface area contributed by atoms with E-state index in [0.29, 0.717) is 12.2 Å². The van der Waals surface area contributed by atoms with Crippen molar-refractivity contribution in [2.45, 2.75) is 25.1 Å². The summed E-state index contributed by atoms with van der Waals surface area (Å²) in [7, 11) is -1.29. The van der Waals surface area contributed by atoms with E-state index in [4.69, 9.17) is 5.11 Å². The van der Waals surface area contributed by atoms with Crippen LogP contribution in [0.2, 0.25) is 0 Å². The summed E-state index contributed by atoms with van der Waals surface area (Å²) in [6, 6.07) is 0. The Bertz CT molecular complexity index is 337. The quantitative estimate of drug-likeness (QED) is 0.772. The molecule has 0 spiro atoms. The first-order valence-electron chi connectivity index (χ1n) is 4.67. The van der Waals surface area contributed by atoms with Crippen molar-refractivity contribution in [1.82, 2.24) is 9.55 Å². The minimum absolute atomic E-state index is 0.408. The fraction of sp³-hybridized carbons (Fsp3) is 0.556. The third-order valence-electron chi connectivity index (χ3n) is 2.06. The number of carboxylic acid groups (broad SMARTS) is 1. The summed E-state index contributed by atoms with van der Waals surface area (Å²) in [5.74, 6) is -0.595. The van der Waals surface area contributed by atoms with Crippen molar-refractivity contribution >= 4 is 16.8 Å². The molecule has 15 heavy (non-hydrogen) atoms. The first kappa shape index (κ1) is 11.9. The first-order valence-corrected chi connectivity index (χ1v) is 6.05. The minimum atomic E-state index is -1.29. The molecule has 6 heteroatoms. The third kappa shape index (κ3) is 3.83. The molecule has 0 fully saturated rings. The molecule has 1 rings (SSSR count). The molecule has 1 N–H and O–H groups in total. The second-order valence-electron chi connectivity index (χ2n) is 3.22. The number of carbonyl (C=O) groups is 1. The highest BCUT2D eigenvalue weighted by molar-refractivity contribution is 7.86. The van der Waals surface area contributed by atoms with Crippen molar-refractivity contribution in [1.29, 1.82) is 0 Å². The molecular formula is C9H14N2O3S. The van der Waals surface area contributed by atoms with Gasteiger partial charge in [-0.2, -0.15) is 0 Å². The van der Waals surface area contributed by atoms with Crippen LogP contribution in [0.1, 0.15) is 13.3 Å². The third-order valence-corrected chi connectivity index (χ3v) is 3.74. The number of rotatable bonds is 6. The number of carboxylic acids is 1. The number of imidazole rings is 1. The molecule has 0 aliphatic heterocycles. The lowest BCUT2D eigenvalue weighted by Crippen LogP contribution is -2.24. The molecule has 1 aromatic heterocycles. The van der Waals surface area contributed by atoms with Crippen LogP contribution in [-0.2, 0) is 22.1 Å². The zero-order valence-electron chi connectivity index (χ0n) is 8.50. The van der Waals surface area contributed by atoms with Crippen LogP contribution in [0.4, 0.5) is 0 Å². The minimum Gasteiger partial charge on any atom is -0.480 e. The van der Waals surface area contributed by atoms with Gasteiger partial charge < -0.3 is 9.67 Å². The summed E-state index contributed by atoms with van der Waals surface area (Å²) >= 11 is 0. The van der Waals surface area contributed by atoms with Crippen molar-refractivity contribution in [2.75, 3.05) is 5.75 Å². The van der Waals surface area contributed by atoms with Gasteiger partial charge in [0, 0.05) is 35.5 Å². The Balaban J connectivity index is 2.26. The molecule has 0 aliphatic rings. The van der Waals surface area contributed by atoms with Crippen molar-refractivity contribution in [2.24, 2.45) is 0 Å². The molecule has 2 atom stereocenters. The second-order valence-corrected chi connectivity index (χ2v) is 5.10. The summed E-state index contributed by atoms with van der Waals surface area (Å²) in [6.45, 7) is 2.19. The van der Waals surface area contributed by atoms with Crippen LogP contribution in [0.15, 0.2) is 18.7 Å². The van der Waals surface area contributed by atoms with Gasteiger partial charge in [-0.15, -0.1) is 0 Å². The topological polar surface area (TPSA) is 72.2 Å². The molecule has 0 saturated carbocycles. The van der Waals surface area contributed by atoms with E-state index >= 15 is 0 Å². The Morgan fingerprint density at radius 2 is 2.40 bits per heavy atom. The Labute approximate surface area is 90.6 Å². The van der Waals surface area contributed by atoms with E-state index in [1.807, 2.05) is 10.8 Å². The maximum Gasteiger partial charge on any atom is 0.318 e. The van der Waals surface area contributed by atoms with E-state index in [0.717, 1.165) is 6.54 Å². The number of aromatic nitrogens is 2. The molecule has 0 radical (unpaired) electrons. The highest BCUT2D eigenvalue weighted by atomic mass is 32.2. The van der Waals surface area contributed by atoms with Gasteiger partial charge >= 0.3 is 5.97 Å². The zero-order valence-corrected chi connectivity index (χ0v) is 9.31. The highest BCUT2D eigenvalue weighted by Crippen LogP contribution is 2.00. The average molecular weight is 230 g/mol. The Kier molecular flexibility index (Phi) is 4.48. The van der Waals surface area contributed by atoms with Gasteiger partial charge in [-0.25, -0.2) is 4.98 Å². The second kappa shape index (κ2) is 5.65. The summed E-state index contributed by atoms with van der Waals surface area (Å²) in [5.41, 5.74) is 0. The molecule has 0 saturated heterocycles. The summed E-state index contributed by atoms with van der Waals surface area (Å²) < 4.78 is 13.3. The smallest absolute Gasteiger partial charge is 0.318 e. The molecule has 0 aliphatic carbocycles. The lowest BCUT2D eigenvalue weighted by atomic mass is 10.5. The lowest BCUT2D eigenvalue weighted by Gasteiger charge is -2.06. The number of hydrogen-bond acceptors (Lipinski definition) is 3. The van der Waals surface area contributed by atoms with Gasteiger partial charge in [0.1, 0.15) is 5.25 Å².